The van der Waals surface area contributed by atoms with Gasteiger partial charge >= 0.3 is 0 Å². The maximum atomic E-state index is 11.6. The minimum absolute atomic E-state index is 0.0426. The van der Waals surface area contributed by atoms with Gasteiger partial charge in [-0.3, -0.25) is 4.79 Å². The Kier molecular flexibility index (Phi) is 2.52. The molecule has 2 rings (SSSR count). The second-order valence-electron chi connectivity index (χ2n) is 3.62. The van der Waals surface area contributed by atoms with Crippen LogP contribution in [0.2, 0.25) is 0 Å². The van der Waals surface area contributed by atoms with E-state index in [0.717, 1.165) is 24.3 Å². The van der Waals surface area contributed by atoms with Gasteiger partial charge < -0.3 is 11.1 Å². The van der Waals surface area contributed by atoms with E-state index < -0.39 is 5.54 Å². The molecule has 0 atom stereocenters. The number of hydrogen-bond acceptors (Lipinski definition) is 4. The summed E-state index contributed by atoms with van der Waals surface area (Å²) in [7, 11) is 0. The van der Waals surface area contributed by atoms with E-state index in [1.165, 1.54) is 11.3 Å². The monoisotopic (exact) mass is 211 g/mol. The van der Waals surface area contributed by atoms with E-state index >= 15 is 0 Å². The Morgan fingerprint density at radius 3 is 3.00 bits per heavy atom. The largest absolute Gasteiger partial charge is 0.348 e. The quantitative estimate of drug-likeness (QED) is 0.771. The zero-order valence-electron chi connectivity index (χ0n) is 7.82. The normalized spacial score (nSPS) is 18.6. The lowest BCUT2D eigenvalue weighted by atomic mass is 9.77. The molecule has 3 N–H and O–H groups in total. The lowest BCUT2D eigenvalue weighted by Crippen LogP contribution is -2.58. The number of carbonyl (C=O) groups excluding carboxylic acids is 1. The number of amides is 1. The second-order valence-corrected chi connectivity index (χ2v) is 4.60. The van der Waals surface area contributed by atoms with Gasteiger partial charge in [-0.15, -0.1) is 11.3 Å². The summed E-state index contributed by atoms with van der Waals surface area (Å²) in [5.74, 6) is -0.0426. The van der Waals surface area contributed by atoms with Crippen molar-refractivity contribution < 1.29 is 4.79 Å². The average molecular weight is 211 g/mol. The third-order valence-corrected chi connectivity index (χ3v) is 3.36. The molecule has 0 bridgehead atoms. The van der Waals surface area contributed by atoms with Crippen molar-refractivity contribution in [3.63, 3.8) is 0 Å². The molecular weight excluding hydrogens is 198 g/mol. The first-order valence-electron chi connectivity index (χ1n) is 4.66. The molecule has 0 spiro atoms. The predicted molar refractivity (Wildman–Crippen MR) is 54.7 cm³/mol. The molecule has 76 valence electrons. The summed E-state index contributed by atoms with van der Waals surface area (Å²) < 4.78 is 0. The first kappa shape index (κ1) is 9.61. The first-order valence-corrected chi connectivity index (χ1v) is 5.54. The van der Waals surface area contributed by atoms with Crippen LogP contribution in [-0.2, 0) is 11.3 Å². The number of nitrogens with zero attached hydrogens (tertiary/aromatic N) is 1. The maximum Gasteiger partial charge on any atom is 0.240 e. The molecule has 14 heavy (non-hydrogen) atoms. The van der Waals surface area contributed by atoms with Gasteiger partial charge in [0.1, 0.15) is 5.01 Å². The summed E-state index contributed by atoms with van der Waals surface area (Å²) in [4.78, 5) is 15.7. The number of thiazole rings is 1. The van der Waals surface area contributed by atoms with Crippen molar-refractivity contribution in [1.29, 1.82) is 0 Å². The van der Waals surface area contributed by atoms with Crippen LogP contribution in [0.25, 0.3) is 0 Å². The lowest BCUT2D eigenvalue weighted by molar-refractivity contribution is -0.129. The van der Waals surface area contributed by atoms with Crippen molar-refractivity contribution in [2.45, 2.75) is 31.3 Å². The molecule has 0 aromatic carbocycles. The standard InChI is InChI=1S/C9H13N3OS/c10-9(2-1-3-9)8(13)12-6-7-11-4-5-14-7/h4-5H,1-3,6,10H2,(H,12,13). The zero-order valence-corrected chi connectivity index (χ0v) is 8.64. The molecule has 0 radical (unpaired) electrons. The molecule has 0 saturated heterocycles. The van der Waals surface area contributed by atoms with Gasteiger partial charge in [0.2, 0.25) is 5.91 Å². The summed E-state index contributed by atoms with van der Waals surface area (Å²) in [5, 5.41) is 5.62. The number of hydrogen-bond donors (Lipinski definition) is 2. The summed E-state index contributed by atoms with van der Waals surface area (Å²) >= 11 is 1.53. The Morgan fingerprint density at radius 2 is 2.50 bits per heavy atom. The van der Waals surface area contributed by atoms with Crippen LogP contribution in [0.1, 0.15) is 24.3 Å². The van der Waals surface area contributed by atoms with Crippen molar-refractivity contribution in [3.05, 3.63) is 16.6 Å². The molecule has 1 saturated carbocycles. The van der Waals surface area contributed by atoms with Crippen LogP contribution >= 0.6 is 11.3 Å². The van der Waals surface area contributed by atoms with Crippen LogP contribution < -0.4 is 11.1 Å². The van der Waals surface area contributed by atoms with Gasteiger partial charge in [0.15, 0.2) is 0 Å². The molecule has 1 aromatic heterocycles. The molecule has 1 amide bonds. The highest BCUT2D eigenvalue weighted by Gasteiger charge is 2.39. The van der Waals surface area contributed by atoms with Crippen molar-refractivity contribution in [3.8, 4) is 0 Å². The smallest absolute Gasteiger partial charge is 0.240 e. The van der Waals surface area contributed by atoms with Crippen LogP contribution in [-0.4, -0.2) is 16.4 Å². The van der Waals surface area contributed by atoms with Gasteiger partial charge in [-0.2, -0.15) is 0 Å². The van der Waals surface area contributed by atoms with Gasteiger partial charge in [-0.25, -0.2) is 4.98 Å². The third-order valence-electron chi connectivity index (χ3n) is 2.58. The number of nitrogens with two attached hydrogens (primary N) is 1. The molecule has 0 aliphatic heterocycles. The van der Waals surface area contributed by atoms with Crippen LogP contribution in [0.15, 0.2) is 11.6 Å². The van der Waals surface area contributed by atoms with E-state index in [1.54, 1.807) is 6.20 Å². The van der Waals surface area contributed by atoms with Crippen LogP contribution in [0.3, 0.4) is 0 Å². The highest BCUT2D eigenvalue weighted by Crippen LogP contribution is 2.29. The van der Waals surface area contributed by atoms with Crippen LogP contribution in [0.5, 0.6) is 0 Å². The zero-order chi connectivity index (χ0) is 10.0. The van der Waals surface area contributed by atoms with E-state index in [1.807, 2.05) is 5.38 Å². The maximum absolute atomic E-state index is 11.6. The van der Waals surface area contributed by atoms with Gasteiger partial charge in [0.25, 0.3) is 0 Å². The van der Waals surface area contributed by atoms with Crippen molar-refractivity contribution >= 4 is 17.2 Å². The minimum Gasteiger partial charge on any atom is -0.348 e. The van der Waals surface area contributed by atoms with E-state index in [4.69, 9.17) is 5.73 Å². The summed E-state index contributed by atoms with van der Waals surface area (Å²) in [6, 6.07) is 0. The Bertz CT molecular complexity index is 319. The number of nitrogens with one attached hydrogen (secondary N) is 1. The Hall–Kier alpha value is -0.940. The highest BCUT2D eigenvalue weighted by molar-refractivity contribution is 7.09. The van der Waals surface area contributed by atoms with Crippen LogP contribution in [0, 0.1) is 0 Å². The first-order chi connectivity index (χ1) is 6.71. The molecule has 1 aliphatic carbocycles. The molecule has 1 heterocycles. The molecule has 5 heteroatoms. The molecule has 0 unspecified atom stereocenters. The molecule has 1 aromatic rings. The molecular formula is C9H13N3OS. The highest BCUT2D eigenvalue weighted by atomic mass is 32.1. The van der Waals surface area contributed by atoms with E-state index in [2.05, 4.69) is 10.3 Å². The topological polar surface area (TPSA) is 68.0 Å². The Labute approximate surface area is 86.5 Å². The fourth-order valence-electron chi connectivity index (χ4n) is 1.46. The number of carbonyl (C=O) groups is 1. The fourth-order valence-corrected chi connectivity index (χ4v) is 2.01. The fraction of sp³-hybridized carbons (Fsp3) is 0.556. The van der Waals surface area contributed by atoms with Gasteiger partial charge in [-0.1, -0.05) is 0 Å². The van der Waals surface area contributed by atoms with E-state index in [0.29, 0.717) is 6.54 Å². The van der Waals surface area contributed by atoms with Crippen LogP contribution in [0.4, 0.5) is 0 Å². The molecule has 1 aliphatic rings. The minimum atomic E-state index is -0.600. The summed E-state index contributed by atoms with van der Waals surface area (Å²) in [5.41, 5.74) is 5.26. The summed E-state index contributed by atoms with van der Waals surface area (Å²) in [6.07, 6.45) is 4.39. The van der Waals surface area contributed by atoms with Gasteiger partial charge in [-0.05, 0) is 19.3 Å². The SMILES string of the molecule is NC1(C(=O)NCc2nccs2)CCC1. The molecule has 4 nitrogen and oxygen atoms in total. The number of aromatic nitrogens is 1. The summed E-state index contributed by atoms with van der Waals surface area (Å²) in [6.45, 7) is 0.495. The van der Waals surface area contributed by atoms with Crippen molar-refractivity contribution in [1.82, 2.24) is 10.3 Å². The van der Waals surface area contributed by atoms with E-state index in [9.17, 15) is 4.79 Å². The lowest BCUT2D eigenvalue weighted by Gasteiger charge is -2.36. The molecule has 1 fully saturated rings. The van der Waals surface area contributed by atoms with E-state index in [-0.39, 0.29) is 5.91 Å². The van der Waals surface area contributed by atoms with Gasteiger partial charge in [0, 0.05) is 11.6 Å². The van der Waals surface area contributed by atoms with Gasteiger partial charge in [0.05, 0.1) is 12.1 Å². The predicted octanol–water partition coefficient (Wildman–Crippen LogP) is 0.641. The second kappa shape index (κ2) is 3.67. The Balaban J connectivity index is 1.84. The average Bonchev–Trinajstić information content (AvgIpc) is 2.62. The number of rotatable bonds is 3. The third kappa shape index (κ3) is 1.78. The Morgan fingerprint density at radius 1 is 1.71 bits per heavy atom. The van der Waals surface area contributed by atoms with Crippen molar-refractivity contribution in [2.24, 2.45) is 5.73 Å². The van der Waals surface area contributed by atoms with Crippen molar-refractivity contribution in [2.75, 3.05) is 0 Å².